The Morgan fingerprint density at radius 1 is 1.35 bits per heavy atom. The number of nitrogens with zero attached hydrogens (tertiary/aromatic N) is 3. The highest BCUT2D eigenvalue weighted by Gasteiger charge is 2.32. The fourth-order valence-electron chi connectivity index (χ4n) is 2.72. The van der Waals surface area contributed by atoms with Crippen molar-refractivity contribution in [2.45, 2.75) is 38.4 Å². The Morgan fingerprint density at radius 3 is 2.78 bits per heavy atom. The zero-order valence-corrected chi connectivity index (χ0v) is 13.0. The first-order valence-corrected chi connectivity index (χ1v) is 7.83. The molecule has 0 atom stereocenters. The fraction of sp³-hybridized carbons (Fsp3) is 0.562. The molecular formula is C16H20F3N3O. The molecule has 1 aromatic heterocycles. The van der Waals surface area contributed by atoms with Crippen molar-refractivity contribution in [3.63, 3.8) is 0 Å². The van der Waals surface area contributed by atoms with E-state index >= 15 is 0 Å². The van der Waals surface area contributed by atoms with Crippen LogP contribution < -0.4 is 4.74 Å². The minimum absolute atomic E-state index is 0.125. The molecule has 0 amide bonds. The van der Waals surface area contributed by atoms with Gasteiger partial charge in [-0.05, 0) is 37.3 Å². The molecule has 1 fully saturated rings. The van der Waals surface area contributed by atoms with E-state index in [0.29, 0.717) is 6.54 Å². The lowest BCUT2D eigenvalue weighted by atomic mass is 10.1. The van der Waals surface area contributed by atoms with Crippen LogP contribution in [0.2, 0.25) is 0 Å². The smallest absolute Gasteiger partial charge is 0.422 e. The van der Waals surface area contributed by atoms with Crippen molar-refractivity contribution >= 4 is 0 Å². The largest absolute Gasteiger partial charge is 0.468 e. The molecule has 0 bridgehead atoms. The first-order chi connectivity index (χ1) is 11.0. The van der Waals surface area contributed by atoms with E-state index in [0.717, 1.165) is 37.1 Å². The van der Waals surface area contributed by atoms with Crippen molar-refractivity contribution in [2.75, 3.05) is 19.7 Å². The van der Waals surface area contributed by atoms with Crippen LogP contribution in [0.5, 0.6) is 5.88 Å². The van der Waals surface area contributed by atoms with Crippen LogP contribution in [0, 0.1) is 0 Å². The van der Waals surface area contributed by atoms with Gasteiger partial charge in [0.1, 0.15) is 0 Å². The van der Waals surface area contributed by atoms with Gasteiger partial charge < -0.3 is 9.75 Å². The first-order valence-electron chi connectivity index (χ1n) is 7.83. The molecule has 2 heterocycles. The van der Waals surface area contributed by atoms with Crippen LogP contribution in [0.3, 0.4) is 0 Å². The first kappa shape index (κ1) is 16.1. The van der Waals surface area contributed by atoms with Crippen molar-refractivity contribution in [3.8, 4) is 5.88 Å². The summed E-state index contributed by atoms with van der Waals surface area (Å²) in [6, 6.07) is 1.95. The number of rotatable bonds is 6. The van der Waals surface area contributed by atoms with Crippen LogP contribution >= 0.6 is 0 Å². The van der Waals surface area contributed by atoms with Gasteiger partial charge >= 0.3 is 6.18 Å². The SMILES string of the molecule is CCN1C=CCN1Cc1cnc(OCC(F)(F)F)c(C2CC2)c1. The van der Waals surface area contributed by atoms with Gasteiger partial charge in [0.15, 0.2) is 6.61 Å². The second-order valence-corrected chi connectivity index (χ2v) is 5.90. The lowest BCUT2D eigenvalue weighted by Crippen LogP contribution is -2.34. The number of pyridine rings is 1. The molecular weight excluding hydrogens is 307 g/mol. The molecule has 0 saturated heterocycles. The van der Waals surface area contributed by atoms with Crippen LogP contribution in [-0.2, 0) is 6.54 Å². The van der Waals surface area contributed by atoms with Crippen LogP contribution in [-0.4, -0.2) is 40.9 Å². The number of hydrazine groups is 1. The van der Waals surface area contributed by atoms with E-state index in [2.05, 4.69) is 28.0 Å². The quantitative estimate of drug-likeness (QED) is 0.800. The summed E-state index contributed by atoms with van der Waals surface area (Å²) < 4.78 is 41.9. The Kier molecular flexibility index (Phi) is 4.48. The monoisotopic (exact) mass is 327 g/mol. The van der Waals surface area contributed by atoms with Crippen molar-refractivity contribution in [1.29, 1.82) is 0 Å². The average molecular weight is 327 g/mol. The van der Waals surface area contributed by atoms with E-state index in [9.17, 15) is 13.2 Å². The zero-order valence-electron chi connectivity index (χ0n) is 13.0. The summed E-state index contributed by atoms with van der Waals surface area (Å²) in [5.41, 5.74) is 1.80. The zero-order chi connectivity index (χ0) is 16.4. The molecule has 3 rings (SSSR count). The Morgan fingerprint density at radius 2 is 2.13 bits per heavy atom. The summed E-state index contributed by atoms with van der Waals surface area (Å²) in [7, 11) is 0. The average Bonchev–Trinajstić information content (AvgIpc) is 3.25. The molecule has 0 N–H and O–H groups in total. The summed E-state index contributed by atoms with van der Waals surface area (Å²) in [5.74, 6) is 0.408. The highest BCUT2D eigenvalue weighted by molar-refractivity contribution is 5.36. The highest BCUT2D eigenvalue weighted by atomic mass is 19.4. The van der Waals surface area contributed by atoms with Gasteiger partial charge in [-0.2, -0.15) is 13.2 Å². The minimum atomic E-state index is -4.34. The van der Waals surface area contributed by atoms with Gasteiger partial charge in [-0.3, -0.25) is 0 Å². The van der Waals surface area contributed by atoms with Crippen molar-refractivity contribution < 1.29 is 17.9 Å². The van der Waals surface area contributed by atoms with Gasteiger partial charge in [-0.15, -0.1) is 0 Å². The number of hydrogen-bond donors (Lipinski definition) is 0. The summed E-state index contributed by atoms with van der Waals surface area (Å²) in [4.78, 5) is 4.15. The van der Waals surface area contributed by atoms with Gasteiger partial charge in [0, 0.05) is 37.6 Å². The molecule has 0 unspecified atom stereocenters. The topological polar surface area (TPSA) is 28.6 Å². The van der Waals surface area contributed by atoms with E-state index in [4.69, 9.17) is 4.74 Å². The van der Waals surface area contributed by atoms with E-state index in [1.807, 2.05) is 12.3 Å². The van der Waals surface area contributed by atoms with Crippen LogP contribution in [0.15, 0.2) is 24.5 Å². The molecule has 23 heavy (non-hydrogen) atoms. The predicted molar refractivity (Wildman–Crippen MR) is 79.7 cm³/mol. The lowest BCUT2D eigenvalue weighted by molar-refractivity contribution is -0.154. The third kappa shape index (κ3) is 4.16. The van der Waals surface area contributed by atoms with Crippen molar-refractivity contribution in [3.05, 3.63) is 35.7 Å². The maximum absolute atomic E-state index is 12.3. The molecule has 2 aliphatic rings. The maximum atomic E-state index is 12.3. The number of aromatic nitrogens is 1. The number of hydrogen-bond acceptors (Lipinski definition) is 4. The van der Waals surface area contributed by atoms with Gasteiger partial charge in [0.2, 0.25) is 5.88 Å². The lowest BCUT2D eigenvalue weighted by Gasteiger charge is -2.28. The van der Waals surface area contributed by atoms with E-state index in [1.54, 1.807) is 6.20 Å². The van der Waals surface area contributed by atoms with E-state index in [-0.39, 0.29) is 11.8 Å². The minimum Gasteiger partial charge on any atom is -0.468 e. The van der Waals surface area contributed by atoms with Crippen LogP contribution in [0.1, 0.15) is 36.8 Å². The molecule has 1 aromatic rings. The third-order valence-corrected chi connectivity index (χ3v) is 3.97. The highest BCUT2D eigenvalue weighted by Crippen LogP contribution is 2.44. The van der Waals surface area contributed by atoms with Crippen LogP contribution in [0.4, 0.5) is 13.2 Å². The predicted octanol–water partition coefficient (Wildman–Crippen LogP) is 3.47. The maximum Gasteiger partial charge on any atom is 0.422 e. The molecule has 4 nitrogen and oxygen atoms in total. The molecule has 0 spiro atoms. The molecule has 1 aliphatic heterocycles. The van der Waals surface area contributed by atoms with E-state index in [1.165, 1.54) is 0 Å². The van der Waals surface area contributed by atoms with Gasteiger partial charge in [-0.1, -0.05) is 6.08 Å². The number of ether oxygens (including phenoxy) is 1. The van der Waals surface area contributed by atoms with Gasteiger partial charge in [0.05, 0.1) is 0 Å². The fourth-order valence-corrected chi connectivity index (χ4v) is 2.72. The molecule has 0 radical (unpaired) electrons. The van der Waals surface area contributed by atoms with Crippen molar-refractivity contribution in [1.82, 2.24) is 15.0 Å². The Hall–Kier alpha value is -1.76. The van der Waals surface area contributed by atoms with Crippen LogP contribution in [0.25, 0.3) is 0 Å². The second-order valence-electron chi connectivity index (χ2n) is 5.90. The Labute approximate surface area is 133 Å². The van der Waals surface area contributed by atoms with Gasteiger partial charge in [0.25, 0.3) is 0 Å². The molecule has 0 aromatic carbocycles. The molecule has 1 aliphatic carbocycles. The van der Waals surface area contributed by atoms with Gasteiger partial charge in [-0.25, -0.2) is 9.99 Å². The van der Waals surface area contributed by atoms with E-state index < -0.39 is 12.8 Å². The molecule has 126 valence electrons. The second kappa shape index (κ2) is 6.39. The summed E-state index contributed by atoms with van der Waals surface area (Å²) >= 11 is 0. The number of halogens is 3. The standard InChI is InChI=1S/C16H20F3N3O/c1-2-21-6-3-7-22(21)10-12-8-14(13-4-5-13)15(20-9-12)23-11-16(17,18)19/h3,6,8-9,13H,2,4-5,7,10-11H2,1H3. The normalized spacial score (nSPS) is 18.7. The molecule has 1 saturated carbocycles. The number of alkyl halides is 3. The summed E-state index contributed by atoms with van der Waals surface area (Å²) in [5, 5.41) is 4.29. The third-order valence-electron chi connectivity index (χ3n) is 3.97. The Balaban J connectivity index is 1.72. The summed E-state index contributed by atoms with van der Waals surface area (Å²) in [6.45, 7) is 3.18. The molecule has 7 heteroatoms. The van der Waals surface area contributed by atoms with Crippen molar-refractivity contribution in [2.24, 2.45) is 0 Å². The Bertz CT molecular complexity index is 584. The summed E-state index contributed by atoms with van der Waals surface area (Å²) in [6.07, 6.45) is 3.36.